The van der Waals surface area contributed by atoms with E-state index in [4.69, 9.17) is 13.7 Å². The van der Waals surface area contributed by atoms with E-state index in [1.54, 1.807) is 0 Å². The van der Waals surface area contributed by atoms with Crippen LogP contribution in [0.15, 0.2) is 114 Å². The zero-order valence-corrected chi connectivity index (χ0v) is 23.6. The Balaban J connectivity index is 1.37. The molecule has 0 bridgehead atoms. The summed E-state index contributed by atoms with van der Waals surface area (Å²) in [5.41, 5.74) is 7.71. The summed E-state index contributed by atoms with van der Waals surface area (Å²) >= 11 is 0. The van der Waals surface area contributed by atoms with Gasteiger partial charge in [0, 0.05) is 27.2 Å². The van der Waals surface area contributed by atoms with Gasteiger partial charge in [-0.2, -0.15) is 0 Å². The highest BCUT2D eigenvalue weighted by molar-refractivity contribution is 6.66. The van der Waals surface area contributed by atoms with Crippen LogP contribution in [0.25, 0.3) is 60.6 Å². The normalized spacial score (nSPS) is 16.4. The second-order valence-electron chi connectivity index (χ2n) is 12.0. The van der Waals surface area contributed by atoms with E-state index >= 15 is 0 Å². The number of aromatic nitrogens is 1. The zero-order valence-electron chi connectivity index (χ0n) is 23.6. The topological polar surface area (TPSA) is 36.5 Å². The number of fused-ring (bicyclic) bond motifs is 6. The number of hydrogen-bond donors (Lipinski definition) is 0. The lowest BCUT2D eigenvalue weighted by Gasteiger charge is -2.32. The molecule has 0 saturated carbocycles. The molecule has 0 N–H and O–H groups in total. The number of rotatable bonds is 3. The fourth-order valence-electron chi connectivity index (χ4n) is 6.30. The van der Waals surface area contributed by atoms with E-state index in [-0.39, 0.29) is 0 Å². The van der Waals surface area contributed by atoms with Crippen LogP contribution in [-0.4, -0.2) is 22.9 Å². The molecule has 0 aliphatic carbocycles. The fraction of sp³-hybridized carbons (Fsp3) is 0.167. The van der Waals surface area contributed by atoms with Gasteiger partial charge in [0.1, 0.15) is 11.2 Å². The van der Waals surface area contributed by atoms with E-state index in [1.807, 2.05) is 12.1 Å². The Hall–Kier alpha value is -4.32. The van der Waals surface area contributed by atoms with E-state index in [9.17, 15) is 0 Å². The van der Waals surface area contributed by atoms with Gasteiger partial charge in [-0.05, 0) is 86.7 Å². The van der Waals surface area contributed by atoms with Crippen molar-refractivity contribution in [2.45, 2.75) is 38.9 Å². The van der Waals surface area contributed by atoms with Gasteiger partial charge in [0.15, 0.2) is 0 Å². The maximum Gasteiger partial charge on any atom is 0.495 e. The van der Waals surface area contributed by atoms with Crippen molar-refractivity contribution in [2.75, 3.05) is 0 Å². The lowest BCUT2D eigenvalue weighted by molar-refractivity contribution is 0.00578. The van der Waals surface area contributed by atoms with Crippen molar-refractivity contribution in [1.82, 2.24) is 4.57 Å². The predicted octanol–water partition coefficient (Wildman–Crippen LogP) is 8.65. The van der Waals surface area contributed by atoms with Crippen LogP contribution in [0.1, 0.15) is 27.7 Å². The maximum atomic E-state index is 6.48. The van der Waals surface area contributed by atoms with Crippen LogP contribution < -0.4 is 5.46 Å². The summed E-state index contributed by atoms with van der Waals surface area (Å²) in [6.45, 7) is 8.35. The summed E-state index contributed by atoms with van der Waals surface area (Å²) in [7, 11) is -0.472. The van der Waals surface area contributed by atoms with Crippen LogP contribution in [0.3, 0.4) is 0 Å². The molecule has 1 fully saturated rings. The number of nitrogens with zero attached hydrogens (tertiary/aromatic N) is 1. The number of hydrogen-bond acceptors (Lipinski definition) is 3. The van der Waals surface area contributed by atoms with Crippen LogP contribution >= 0.6 is 0 Å². The molecule has 0 radical (unpaired) electrons. The minimum absolute atomic E-state index is 0.423. The second-order valence-corrected chi connectivity index (χ2v) is 12.0. The minimum atomic E-state index is -0.472. The van der Waals surface area contributed by atoms with Crippen LogP contribution in [-0.2, 0) is 9.31 Å². The van der Waals surface area contributed by atoms with Gasteiger partial charge >= 0.3 is 7.12 Å². The van der Waals surface area contributed by atoms with Gasteiger partial charge < -0.3 is 18.3 Å². The number of para-hydroxylation sites is 2. The van der Waals surface area contributed by atoms with Crippen molar-refractivity contribution < 1.29 is 13.7 Å². The molecular formula is C36H30BNO3. The van der Waals surface area contributed by atoms with E-state index in [0.29, 0.717) is 0 Å². The molecule has 0 spiro atoms. The van der Waals surface area contributed by atoms with Crippen LogP contribution in [0.2, 0.25) is 0 Å². The van der Waals surface area contributed by atoms with E-state index < -0.39 is 18.3 Å². The Labute approximate surface area is 239 Å². The Kier molecular flexibility index (Phi) is 5.13. The smallest absolute Gasteiger partial charge is 0.456 e. The summed E-state index contributed by atoms with van der Waals surface area (Å²) in [6, 6.07) is 38.5. The molecule has 1 aliphatic heterocycles. The third-order valence-electron chi connectivity index (χ3n) is 9.06. The second kappa shape index (κ2) is 8.59. The average Bonchev–Trinajstić information content (AvgIpc) is 3.59. The molecule has 5 aromatic carbocycles. The lowest BCUT2D eigenvalue weighted by atomic mass is 9.76. The summed E-state index contributed by atoms with van der Waals surface area (Å²) < 4.78 is 21.7. The van der Waals surface area contributed by atoms with Gasteiger partial charge in [0.2, 0.25) is 0 Å². The van der Waals surface area contributed by atoms with Gasteiger partial charge in [-0.25, -0.2) is 0 Å². The quantitative estimate of drug-likeness (QED) is 0.213. The zero-order chi connectivity index (χ0) is 27.9. The van der Waals surface area contributed by atoms with Crippen LogP contribution in [0.4, 0.5) is 0 Å². The van der Waals surface area contributed by atoms with Crippen LogP contribution in [0, 0.1) is 0 Å². The first-order chi connectivity index (χ1) is 19.8. The summed E-state index contributed by atoms with van der Waals surface area (Å²) in [6.07, 6.45) is 0. The van der Waals surface area contributed by atoms with Crippen molar-refractivity contribution in [1.29, 1.82) is 0 Å². The molecule has 1 aliphatic rings. The Bertz CT molecular complexity index is 2100. The first-order valence-corrected chi connectivity index (χ1v) is 14.2. The van der Waals surface area contributed by atoms with Crippen molar-refractivity contribution >= 4 is 56.3 Å². The molecule has 0 unspecified atom stereocenters. The Morgan fingerprint density at radius 1 is 0.585 bits per heavy atom. The standard InChI is InChI=1S/C36H30BNO3/c1-35(2)36(3,4)41-37(40-35)28-16-11-19-32-34(28)27-22-23(20-21-31(27)39-32)25-15-10-18-30-33(25)26-14-8-9-17-29(26)38(30)24-12-6-5-7-13-24/h5-22H,1-4H3. The molecule has 8 rings (SSSR count). The van der Waals surface area contributed by atoms with E-state index in [1.165, 1.54) is 27.4 Å². The molecule has 4 nitrogen and oxygen atoms in total. The first-order valence-electron chi connectivity index (χ1n) is 14.2. The van der Waals surface area contributed by atoms with Gasteiger partial charge in [-0.3, -0.25) is 0 Å². The summed E-state index contributed by atoms with van der Waals surface area (Å²) in [4.78, 5) is 0. The lowest BCUT2D eigenvalue weighted by Crippen LogP contribution is -2.41. The van der Waals surface area contributed by atoms with Gasteiger partial charge in [-0.1, -0.05) is 66.7 Å². The SMILES string of the molecule is CC1(C)OB(c2cccc3oc4ccc(-c5cccc6c5c5ccccc5n6-c5ccccc5)cc4c23)OC1(C)C. The van der Waals surface area contributed by atoms with Crippen molar-refractivity contribution in [3.8, 4) is 16.8 Å². The van der Waals surface area contributed by atoms with Crippen molar-refractivity contribution in [2.24, 2.45) is 0 Å². The number of furan rings is 1. The predicted molar refractivity (Wildman–Crippen MR) is 169 cm³/mol. The Morgan fingerprint density at radius 2 is 1.29 bits per heavy atom. The summed E-state index contributed by atoms with van der Waals surface area (Å²) in [5.74, 6) is 0. The average molecular weight is 535 g/mol. The van der Waals surface area contributed by atoms with E-state index in [2.05, 4.69) is 129 Å². The van der Waals surface area contributed by atoms with E-state index in [0.717, 1.165) is 38.7 Å². The molecule has 7 aromatic rings. The third-order valence-corrected chi connectivity index (χ3v) is 9.06. The van der Waals surface area contributed by atoms with Crippen molar-refractivity contribution in [3.05, 3.63) is 109 Å². The molecule has 3 heterocycles. The van der Waals surface area contributed by atoms with Crippen LogP contribution in [0.5, 0.6) is 0 Å². The highest BCUT2D eigenvalue weighted by Crippen LogP contribution is 2.41. The highest BCUT2D eigenvalue weighted by Gasteiger charge is 2.52. The monoisotopic (exact) mass is 535 g/mol. The first kappa shape index (κ1) is 24.5. The van der Waals surface area contributed by atoms with Crippen molar-refractivity contribution in [3.63, 3.8) is 0 Å². The molecular weight excluding hydrogens is 505 g/mol. The van der Waals surface area contributed by atoms with Gasteiger partial charge in [0.25, 0.3) is 0 Å². The molecule has 2 aromatic heterocycles. The minimum Gasteiger partial charge on any atom is -0.456 e. The fourth-order valence-corrected chi connectivity index (χ4v) is 6.30. The molecule has 1 saturated heterocycles. The molecule has 5 heteroatoms. The third kappa shape index (κ3) is 3.56. The van der Waals surface area contributed by atoms with Gasteiger partial charge in [0.05, 0.1) is 22.2 Å². The maximum absolute atomic E-state index is 6.48. The molecule has 200 valence electrons. The Morgan fingerprint density at radius 3 is 2.10 bits per heavy atom. The number of benzene rings is 5. The molecule has 41 heavy (non-hydrogen) atoms. The molecule has 0 amide bonds. The highest BCUT2D eigenvalue weighted by atomic mass is 16.7. The van der Waals surface area contributed by atoms with Gasteiger partial charge in [-0.15, -0.1) is 0 Å². The summed E-state index contributed by atoms with van der Waals surface area (Å²) in [5, 5.41) is 4.58. The molecule has 0 atom stereocenters. The largest absolute Gasteiger partial charge is 0.495 e.